The lowest BCUT2D eigenvalue weighted by atomic mass is 10.1. The Morgan fingerprint density at radius 2 is 1.95 bits per heavy atom. The van der Waals surface area contributed by atoms with Crippen LogP contribution in [-0.4, -0.2) is 11.1 Å². The van der Waals surface area contributed by atoms with Crippen molar-refractivity contribution in [3.63, 3.8) is 0 Å². The van der Waals surface area contributed by atoms with E-state index in [9.17, 15) is 9.18 Å². The molecule has 0 heterocycles. The van der Waals surface area contributed by atoms with Crippen molar-refractivity contribution >= 4 is 27.6 Å². The zero-order chi connectivity index (χ0) is 14.9. The summed E-state index contributed by atoms with van der Waals surface area (Å²) in [6.45, 7) is 1.81. The van der Waals surface area contributed by atoms with Crippen LogP contribution in [0.25, 0.3) is 0 Å². The van der Waals surface area contributed by atoms with Gasteiger partial charge in [0.05, 0.1) is 5.69 Å². The van der Waals surface area contributed by atoms with Crippen molar-refractivity contribution < 1.29 is 19.0 Å². The van der Waals surface area contributed by atoms with Gasteiger partial charge in [-0.3, -0.25) is 0 Å². The third kappa shape index (κ3) is 2.75. The van der Waals surface area contributed by atoms with E-state index >= 15 is 0 Å². The van der Waals surface area contributed by atoms with E-state index in [1.807, 2.05) is 13.0 Å². The maximum Gasteiger partial charge on any atom is 0.341 e. The molecule has 20 heavy (non-hydrogen) atoms. The maximum atomic E-state index is 13.3. The molecule has 0 bridgehead atoms. The second-order valence-corrected chi connectivity index (χ2v) is 5.07. The van der Waals surface area contributed by atoms with Gasteiger partial charge in [-0.25, -0.2) is 9.18 Å². The van der Waals surface area contributed by atoms with Gasteiger partial charge in [-0.2, -0.15) is 0 Å². The second-order valence-electron chi connectivity index (χ2n) is 4.15. The molecule has 0 aliphatic carbocycles. The average molecular weight is 340 g/mol. The molecule has 0 spiro atoms. The molecule has 2 rings (SSSR count). The van der Waals surface area contributed by atoms with Crippen molar-refractivity contribution in [2.45, 2.75) is 6.92 Å². The van der Waals surface area contributed by atoms with Crippen LogP contribution in [0.15, 0.2) is 34.8 Å². The molecule has 6 heteroatoms. The van der Waals surface area contributed by atoms with E-state index in [-0.39, 0.29) is 11.3 Å². The van der Waals surface area contributed by atoms with Gasteiger partial charge in [-0.15, -0.1) is 0 Å². The number of ether oxygens (including phenoxy) is 1. The van der Waals surface area contributed by atoms with Crippen LogP contribution in [0.2, 0.25) is 0 Å². The fourth-order valence-corrected chi connectivity index (χ4v) is 2.20. The molecule has 0 atom stereocenters. The summed E-state index contributed by atoms with van der Waals surface area (Å²) in [6, 6.07) is 7.59. The molecule has 4 nitrogen and oxygen atoms in total. The molecule has 0 saturated heterocycles. The number of aromatic carboxylic acids is 1. The maximum absolute atomic E-state index is 13.3. The number of hydrogen-bond donors (Lipinski definition) is 2. The first-order chi connectivity index (χ1) is 9.40. The van der Waals surface area contributed by atoms with Crippen LogP contribution in [0.5, 0.6) is 11.5 Å². The first-order valence-electron chi connectivity index (χ1n) is 5.65. The van der Waals surface area contributed by atoms with Crippen molar-refractivity contribution in [1.82, 2.24) is 0 Å². The monoisotopic (exact) mass is 339 g/mol. The van der Waals surface area contributed by atoms with Crippen LogP contribution >= 0.6 is 15.9 Å². The molecule has 104 valence electrons. The summed E-state index contributed by atoms with van der Waals surface area (Å²) >= 11 is 3.32. The molecule has 0 aromatic heterocycles. The summed E-state index contributed by atoms with van der Waals surface area (Å²) in [5, 5.41) is 9.13. The molecule has 3 N–H and O–H groups in total. The van der Waals surface area contributed by atoms with Gasteiger partial charge < -0.3 is 15.6 Å². The topological polar surface area (TPSA) is 72.5 Å². The predicted molar refractivity (Wildman–Crippen MR) is 76.7 cm³/mol. The minimum atomic E-state index is -1.34. The molecule has 2 aromatic carbocycles. The Morgan fingerprint density at radius 1 is 1.30 bits per heavy atom. The zero-order valence-electron chi connectivity index (χ0n) is 10.5. The summed E-state index contributed by atoms with van der Waals surface area (Å²) in [4.78, 5) is 11.2. The normalized spacial score (nSPS) is 10.3. The average Bonchev–Trinajstić information content (AvgIpc) is 2.36. The number of benzene rings is 2. The number of anilines is 1. The lowest BCUT2D eigenvalue weighted by molar-refractivity contribution is 0.0695. The van der Waals surface area contributed by atoms with Gasteiger partial charge in [-0.05, 0) is 42.8 Å². The number of halogens is 2. The first-order valence-corrected chi connectivity index (χ1v) is 6.44. The van der Waals surface area contributed by atoms with Gasteiger partial charge in [0.2, 0.25) is 0 Å². The lowest BCUT2D eigenvalue weighted by Crippen LogP contribution is -2.07. The Hall–Kier alpha value is -2.08. The number of aryl methyl sites for hydroxylation is 1. The number of carboxylic acids is 1. The van der Waals surface area contributed by atoms with E-state index in [1.54, 1.807) is 12.1 Å². The van der Waals surface area contributed by atoms with E-state index < -0.39 is 17.5 Å². The van der Waals surface area contributed by atoms with Crippen LogP contribution in [0.4, 0.5) is 10.1 Å². The molecule has 2 aromatic rings. The van der Waals surface area contributed by atoms with Crippen molar-refractivity contribution in [2.75, 3.05) is 5.73 Å². The van der Waals surface area contributed by atoms with Gasteiger partial charge in [0.1, 0.15) is 22.9 Å². The Kier molecular flexibility index (Phi) is 3.94. The second kappa shape index (κ2) is 5.50. The zero-order valence-corrected chi connectivity index (χ0v) is 12.1. The Morgan fingerprint density at radius 3 is 2.55 bits per heavy atom. The SMILES string of the molecule is Cc1cc(Br)ccc1Oc1ccc(F)c(N)c1C(=O)O. The van der Waals surface area contributed by atoms with Crippen molar-refractivity contribution in [3.8, 4) is 11.5 Å². The highest BCUT2D eigenvalue weighted by Gasteiger charge is 2.19. The number of hydrogen-bond acceptors (Lipinski definition) is 3. The fraction of sp³-hybridized carbons (Fsp3) is 0.0714. The Labute approximate surface area is 123 Å². The number of rotatable bonds is 3. The molecule has 0 unspecified atom stereocenters. The largest absolute Gasteiger partial charge is 0.477 e. The van der Waals surface area contributed by atoms with E-state index in [4.69, 9.17) is 15.6 Å². The molecule has 0 aliphatic heterocycles. The quantitative estimate of drug-likeness (QED) is 0.830. The lowest BCUT2D eigenvalue weighted by Gasteiger charge is -2.13. The Bertz CT molecular complexity index is 688. The summed E-state index contributed by atoms with van der Waals surface area (Å²) in [7, 11) is 0. The smallest absolute Gasteiger partial charge is 0.341 e. The third-order valence-corrected chi connectivity index (χ3v) is 3.22. The Balaban J connectivity index is 2.48. The predicted octanol–water partition coefficient (Wildman–Crippen LogP) is 3.97. The molecule has 0 aliphatic rings. The highest BCUT2D eigenvalue weighted by molar-refractivity contribution is 9.10. The minimum Gasteiger partial charge on any atom is -0.477 e. The molecule has 0 amide bonds. The summed E-state index contributed by atoms with van der Waals surface area (Å²) < 4.78 is 19.8. The van der Waals surface area contributed by atoms with Gasteiger partial charge in [0.15, 0.2) is 0 Å². The number of nitrogens with two attached hydrogens (primary N) is 1. The molecular formula is C14H11BrFNO3. The van der Waals surface area contributed by atoms with Gasteiger partial charge in [0, 0.05) is 4.47 Å². The van der Waals surface area contributed by atoms with Crippen LogP contribution < -0.4 is 10.5 Å². The third-order valence-electron chi connectivity index (χ3n) is 2.72. The van der Waals surface area contributed by atoms with Crippen molar-refractivity contribution in [1.29, 1.82) is 0 Å². The first kappa shape index (κ1) is 14.3. The summed E-state index contributed by atoms with van der Waals surface area (Å²) in [5.41, 5.74) is 5.44. The molecule has 0 radical (unpaired) electrons. The highest BCUT2D eigenvalue weighted by Crippen LogP contribution is 2.33. The van der Waals surface area contributed by atoms with Gasteiger partial charge in [0.25, 0.3) is 0 Å². The summed E-state index contributed by atoms with van der Waals surface area (Å²) in [5.74, 6) is -1.66. The van der Waals surface area contributed by atoms with E-state index in [0.717, 1.165) is 16.1 Å². The van der Waals surface area contributed by atoms with Crippen LogP contribution in [0.3, 0.4) is 0 Å². The molecule has 0 saturated carbocycles. The van der Waals surface area contributed by atoms with Crippen LogP contribution in [0.1, 0.15) is 15.9 Å². The summed E-state index contributed by atoms with van der Waals surface area (Å²) in [6.07, 6.45) is 0. The fourth-order valence-electron chi connectivity index (χ4n) is 1.73. The van der Waals surface area contributed by atoms with E-state index in [2.05, 4.69) is 15.9 Å². The highest BCUT2D eigenvalue weighted by atomic mass is 79.9. The van der Waals surface area contributed by atoms with Gasteiger partial charge >= 0.3 is 5.97 Å². The molecule has 0 fully saturated rings. The minimum absolute atomic E-state index is 0.00169. The van der Waals surface area contributed by atoms with Crippen molar-refractivity contribution in [2.24, 2.45) is 0 Å². The van der Waals surface area contributed by atoms with E-state index in [0.29, 0.717) is 5.75 Å². The number of nitrogen functional groups attached to an aromatic ring is 1. The van der Waals surface area contributed by atoms with E-state index in [1.165, 1.54) is 6.07 Å². The number of carbonyl (C=O) groups is 1. The van der Waals surface area contributed by atoms with Crippen LogP contribution in [-0.2, 0) is 0 Å². The number of carboxylic acid groups (broad SMARTS) is 1. The standard InChI is InChI=1S/C14H11BrFNO3/c1-7-6-8(15)2-4-10(7)20-11-5-3-9(16)13(17)12(11)14(18)19/h2-6H,17H2,1H3,(H,18,19). The van der Waals surface area contributed by atoms with Gasteiger partial charge in [-0.1, -0.05) is 15.9 Å². The van der Waals surface area contributed by atoms with Crippen molar-refractivity contribution in [3.05, 3.63) is 51.7 Å². The van der Waals surface area contributed by atoms with Crippen LogP contribution in [0, 0.1) is 12.7 Å². The molecular weight excluding hydrogens is 329 g/mol.